The molecule has 4 heteroatoms. The Labute approximate surface area is 122 Å². The maximum atomic E-state index is 5.79. The van der Waals surface area contributed by atoms with Crippen molar-refractivity contribution >= 4 is 0 Å². The minimum Gasteiger partial charge on any atom is -0.476 e. The standard InChI is InChI=1S/C16H27N3O/c1-16(2,3)13-14-5-4-6-15(18-14)20-12-11-19-9-7-17-8-10-19/h4-6,17H,7-13H2,1-3H3. The van der Waals surface area contributed by atoms with Crippen LogP contribution in [0.3, 0.4) is 0 Å². The highest BCUT2D eigenvalue weighted by Gasteiger charge is 2.13. The van der Waals surface area contributed by atoms with E-state index in [2.05, 4.69) is 42.0 Å². The van der Waals surface area contributed by atoms with Gasteiger partial charge in [-0.2, -0.15) is 0 Å². The molecule has 20 heavy (non-hydrogen) atoms. The summed E-state index contributed by atoms with van der Waals surface area (Å²) in [6.45, 7) is 12.8. The Morgan fingerprint density at radius 3 is 2.70 bits per heavy atom. The Morgan fingerprint density at radius 1 is 1.25 bits per heavy atom. The van der Waals surface area contributed by atoms with Crippen LogP contribution >= 0.6 is 0 Å². The minimum atomic E-state index is 0.256. The zero-order valence-electron chi connectivity index (χ0n) is 13.0. The predicted molar refractivity (Wildman–Crippen MR) is 82.2 cm³/mol. The number of ether oxygens (including phenoxy) is 1. The largest absolute Gasteiger partial charge is 0.476 e. The van der Waals surface area contributed by atoms with Gasteiger partial charge in [-0.3, -0.25) is 4.90 Å². The summed E-state index contributed by atoms with van der Waals surface area (Å²) in [5.41, 5.74) is 1.36. The van der Waals surface area contributed by atoms with Crippen LogP contribution in [0.5, 0.6) is 5.88 Å². The van der Waals surface area contributed by atoms with Gasteiger partial charge in [0.25, 0.3) is 0 Å². The first kappa shape index (κ1) is 15.3. The number of nitrogens with one attached hydrogen (secondary N) is 1. The molecule has 1 fully saturated rings. The van der Waals surface area contributed by atoms with Crippen molar-refractivity contribution < 1.29 is 4.74 Å². The molecule has 2 rings (SSSR count). The Morgan fingerprint density at radius 2 is 2.00 bits per heavy atom. The van der Waals surface area contributed by atoms with Gasteiger partial charge in [-0.1, -0.05) is 26.8 Å². The van der Waals surface area contributed by atoms with Crippen LogP contribution in [-0.4, -0.2) is 49.2 Å². The molecular weight excluding hydrogens is 250 g/mol. The van der Waals surface area contributed by atoms with Crippen LogP contribution in [0, 0.1) is 5.41 Å². The van der Waals surface area contributed by atoms with Gasteiger partial charge in [0.1, 0.15) is 6.61 Å². The number of aromatic nitrogens is 1. The van der Waals surface area contributed by atoms with Crippen LogP contribution in [0.25, 0.3) is 0 Å². The zero-order valence-corrected chi connectivity index (χ0v) is 13.0. The third kappa shape index (κ3) is 5.47. The van der Waals surface area contributed by atoms with Gasteiger partial charge in [-0.25, -0.2) is 4.98 Å². The van der Waals surface area contributed by atoms with Gasteiger partial charge in [0, 0.05) is 44.5 Å². The topological polar surface area (TPSA) is 37.4 Å². The van der Waals surface area contributed by atoms with Crippen LogP contribution < -0.4 is 10.1 Å². The second-order valence-electron chi connectivity index (χ2n) is 6.64. The highest BCUT2D eigenvalue weighted by atomic mass is 16.5. The summed E-state index contributed by atoms with van der Waals surface area (Å²) in [4.78, 5) is 7.01. The number of rotatable bonds is 5. The molecule has 0 aromatic carbocycles. The van der Waals surface area contributed by atoms with Crippen molar-refractivity contribution in [2.75, 3.05) is 39.3 Å². The van der Waals surface area contributed by atoms with Gasteiger partial charge in [-0.05, 0) is 17.9 Å². The fourth-order valence-electron chi connectivity index (χ4n) is 2.39. The van der Waals surface area contributed by atoms with Crippen molar-refractivity contribution in [3.63, 3.8) is 0 Å². The molecule has 0 aliphatic carbocycles. The van der Waals surface area contributed by atoms with E-state index >= 15 is 0 Å². The third-order valence-corrected chi connectivity index (χ3v) is 3.36. The normalized spacial score (nSPS) is 17.1. The Balaban J connectivity index is 1.79. The van der Waals surface area contributed by atoms with Crippen LogP contribution in [0.2, 0.25) is 0 Å². The van der Waals surface area contributed by atoms with Crippen LogP contribution in [0.1, 0.15) is 26.5 Å². The zero-order chi connectivity index (χ0) is 14.4. The molecule has 0 spiro atoms. The first-order chi connectivity index (χ1) is 9.53. The van der Waals surface area contributed by atoms with E-state index in [1.165, 1.54) is 0 Å². The van der Waals surface area contributed by atoms with Crippen molar-refractivity contribution in [3.8, 4) is 5.88 Å². The van der Waals surface area contributed by atoms with Gasteiger partial charge in [-0.15, -0.1) is 0 Å². The molecule has 1 aromatic rings. The highest BCUT2D eigenvalue weighted by molar-refractivity contribution is 5.16. The maximum absolute atomic E-state index is 5.79. The molecule has 4 nitrogen and oxygen atoms in total. The van der Waals surface area contributed by atoms with Crippen LogP contribution in [0.15, 0.2) is 18.2 Å². The number of hydrogen-bond acceptors (Lipinski definition) is 4. The molecule has 112 valence electrons. The Bertz CT molecular complexity index is 408. The van der Waals surface area contributed by atoms with E-state index in [4.69, 9.17) is 4.74 Å². The molecule has 0 unspecified atom stereocenters. The summed E-state index contributed by atoms with van der Waals surface area (Å²) in [5.74, 6) is 0.752. The van der Waals surface area contributed by atoms with Gasteiger partial charge in [0.05, 0.1) is 0 Å². The predicted octanol–water partition coefficient (Wildman–Crippen LogP) is 1.95. The molecule has 0 radical (unpaired) electrons. The summed E-state index contributed by atoms with van der Waals surface area (Å²) in [5, 5.41) is 3.36. The van der Waals surface area contributed by atoms with Gasteiger partial charge < -0.3 is 10.1 Å². The molecule has 2 heterocycles. The lowest BCUT2D eigenvalue weighted by molar-refractivity contribution is 0.188. The van der Waals surface area contributed by atoms with Crippen molar-refractivity contribution in [3.05, 3.63) is 23.9 Å². The second kappa shape index (κ2) is 7.04. The maximum Gasteiger partial charge on any atom is 0.213 e. The number of pyridine rings is 1. The van der Waals surface area contributed by atoms with E-state index in [-0.39, 0.29) is 5.41 Å². The quantitative estimate of drug-likeness (QED) is 0.893. The third-order valence-electron chi connectivity index (χ3n) is 3.36. The average molecular weight is 277 g/mol. The van der Waals surface area contributed by atoms with E-state index in [1.54, 1.807) is 0 Å². The highest BCUT2D eigenvalue weighted by Crippen LogP contribution is 2.20. The van der Waals surface area contributed by atoms with Gasteiger partial charge in [0.2, 0.25) is 5.88 Å². The summed E-state index contributed by atoms with van der Waals surface area (Å²) >= 11 is 0. The van der Waals surface area contributed by atoms with E-state index < -0.39 is 0 Å². The minimum absolute atomic E-state index is 0.256. The van der Waals surface area contributed by atoms with Crippen molar-refractivity contribution in [2.45, 2.75) is 27.2 Å². The second-order valence-corrected chi connectivity index (χ2v) is 6.64. The van der Waals surface area contributed by atoms with Crippen molar-refractivity contribution in [1.29, 1.82) is 0 Å². The summed E-state index contributed by atoms with van der Waals surface area (Å²) < 4.78 is 5.79. The first-order valence-electron chi connectivity index (χ1n) is 7.55. The van der Waals surface area contributed by atoms with Crippen LogP contribution in [0.4, 0.5) is 0 Å². The molecule has 1 aliphatic rings. The molecule has 0 amide bonds. The molecule has 1 aromatic heterocycles. The number of nitrogens with zero attached hydrogens (tertiary/aromatic N) is 2. The van der Waals surface area contributed by atoms with Crippen LogP contribution in [-0.2, 0) is 6.42 Å². The monoisotopic (exact) mass is 277 g/mol. The lowest BCUT2D eigenvalue weighted by Crippen LogP contribution is -2.44. The molecule has 1 N–H and O–H groups in total. The summed E-state index contributed by atoms with van der Waals surface area (Å²) in [6, 6.07) is 6.06. The van der Waals surface area contributed by atoms with E-state index in [9.17, 15) is 0 Å². The molecule has 0 bridgehead atoms. The Kier molecular flexibility index (Phi) is 5.38. The van der Waals surface area contributed by atoms with E-state index in [1.807, 2.05) is 12.1 Å². The first-order valence-corrected chi connectivity index (χ1v) is 7.55. The molecule has 1 aliphatic heterocycles. The number of hydrogen-bond donors (Lipinski definition) is 1. The fraction of sp³-hybridized carbons (Fsp3) is 0.688. The number of piperazine rings is 1. The fourth-order valence-corrected chi connectivity index (χ4v) is 2.39. The average Bonchev–Trinajstić information content (AvgIpc) is 2.38. The molecule has 1 saturated heterocycles. The molecule has 0 saturated carbocycles. The Hall–Kier alpha value is -1.13. The smallest absolute Gasteiger partial charge is 0.213 e. The molecular formula is C16H27N3O. The molecule has 0 atom stereocenters. The SMILES string of the molecule is CC(C)(C)Cc1cccc(OCCN2CCNCC2)n1. The lowest BCUT2D eigenvalue weighted by Gasteiger charge is -2.26. The van der Waals surface area contributed by atoms with Gasteiger partial charge in [0.15, 0.2) is 0 Å². The lowest BCUT2D eigenvalue weighted by atomic mass is 9.90. The summed E-state index contributed by atoms with van der Waals surface area (Å²) in [6.07, 6.45) is 0.974. The van der Waals surface area contributed by atoms with E-state index in [0.29, 0.717) is 6.61 Å². The van der Waals surface area contributed by atoms with E-state index in [0.717, 1.165) is 50.7 Å². The van der Waals surface area contributed by atoms with Crippen molar-refractivity contribution in [2.24, 2.45) is 5.41 Å². The summed E-state index contributed by atoms with van der Waals surface area (Å²) in [7, 11) is 0. The van der Waals surface area contributed by atoms with Gasteiger partial charge >= 0.3 is 0 Å². The van der Waals surface area contributed by atoms with Crippen molar-refractivity contribution in [1.82, 2.24) is 15.2 Å².